The summed E-state index contributed by atoms with van der Waals surface area (Å²) in [6, 6.07) is 6.37. The maximum absolute atomic E-state index is 11.8. The van der Waals surface area contributed by atoms with Gasteiger partial charge < -0.3 is 20.4 Å². The first-order valence-corrected chi connectivity index (χ1v) is 9.36. The summed E-state index contributed by atoms with van der Waals surface area (Å²) < 4.78 is 0. The molecule has 0 aliphatic carbocycles. The summed E-state index contributed by atoms with van der Waals surface area (Å²) >= 11 is 0. The Balaban J connectivity index is 0.00000364. The number of guanidine groups is 1. The van der Waals surface area contributed by atoms with Gasteiger partial charge in [0.25, 0.3) is 0 Å². The molecule has 152 valence electrons. The largest absolute Gasteiger partial charge is 0.356 e. The molecule has 0 saturated carbocycles. The van der Waals surface area contributed by atoms with Crippen LogP contribution in [0.25, 0.3) is 0 Å². The molecular weight excluding hydrogens is 455 g/mol. The van der Waals surface area contributed by atoms with E-state index in [1.165, 1.54) is 0 Å². The minimum Gasteiger partial charge on any atom is -0.356 e. The van der Waals surface area contributed by atoms with Crippen molar-refractivity contribution >= 4 is 41.7 Å². The van der Waals surface area contributed by atoms with Crippen molar-refractivity contribution in [2.45, 2.75) is 32.7 Å². The van der Waals surface area contributed by atoms with Crippen LogP contribution in [0.2, 0.25) is 0 Å². The van der Waals surface area contributed by atoms with Crippen LogP contribution in [0, 0.1) is 5.92 Å². The number of hydrogen-bond acceptors (Lipinski definition) is 4. The highest BCUT2D eigenvalue weighted by Gasteiger charge is 2.21. The van der Waals surface area contributed by atoms with Crippen molar-refractivity contribution in [3.8, 4) is 0 Å². The van der Waals surface area contributed by atoms with Gasteiger partial charge in [-0.05, 0) is 30.9 Å². The number of carbonyl (C=O) groups is 1. The van der Waals surface area contributed by atoms with E-state index < -0.39 is 0 Å². The molecule has 1 saturated heterocycles. The van der Waals surface area contributed by atoms with Crippen LogP contribution >= 0.6 is 24.0 Å². The number of carbonyl (C=O) groups excluding carboxylic acids is 1. The van der Waals surface area contributed by atoms with Crippen LogP contribution < -0.4 is 15.5 Å². The number of rotatable bonds is 6. The van der Waals surface area contributed by atoms with Crippen molar-refractivity contribution in [3.05, 3.63) is 24.4 Å². The quantitative estimate of drug-likeness (QED) is 0.364. The minimum absolute atomic E-state index is 0. The molecule has 7 nitrogen and oxygen atoms in total. The number of aliphatic imine (C=N–C) groups is 1. The van der Waals surface area contributed by atoms with Gasteiger partial charge in [0.15, 0.2) is 5.96 Å². The zero-order valence-electron chi connectivity index (χ0n) is 16.8. The average Bonchev–Trinajstić information content (AvgIpc) is 2.64. The van der Waals surface area contributed by atoms with Crippen LogP contribution in [0.5, 0.6) is 0 Å². The van der Waals surface area contributed by atoms with Gasteiger partial charge in [-0.15, -0.1) is 24.0 Å². The first kappa shape index (κ1) is 23.5. The summed E-state index contributed by atoms with van der Waals surface area (Å²) in [5.74, 6) is 2.28. The topological polar surface area (TPSA) is 72.9 Å². The van der Waals surface area contributed by atoms with Crippen molar-refractivity contribution in [1.29, 1.82) is 0 Å². The number of nitrogens with zero attached hydrogens (tertiary/aromatic N) is 4. The second kappa shape index (κ2) is 12.0. The summed E-state index contributed by atoms with van der Waals surface area (Å²) in [7, 11) is 3.50. The highest BCUT2D eigenvalue weighted by Crippen LogP contribution is 2.17. The van der Waals surface area contributed by atoms with Gasteiger partial charge in [0, 0.05) is 46.0 Å². The van der Waals surface area contributed by atoms with Gasteiger partial charge in [-0.25, -0.2) is 9.98 Å². The normalized spacial score (nSPS) is 15.3. The van der Waals surface area contributed by atoms with E-state index in [4.69, 9.17) is 0 Å². The molecule has 0 aromatic carbocycles. The summed E-state index contributed by atoms with van der Waals surface area (Å²) in [5, 5.41) is 6.84. The van der Waals surface area contributed by atoms with E-state index in [0.29, 0.717) is 12.0 Å². The Hall–Kier alpha value is -1.58. The SMILES string of the molecule is CC(C)CNC(=NCC(=O)N(C)C)NC1CCN(c2ccccn2)CC1.I. The number of pyridine rings is 1. The maximum atomic E-state index is 11.8. The van der Waals surface area contributed by atoms with E-state index in [2.05, 4.69) is 45.4 Å². The van der Waals surface area contributed by atoms with Crippen molar-refractivity contribution in [2.75, 3.05) is 45.2 Å². The third kappa shape index (κ3) is 8.32. The molecular formula is C19H33IN6O. The molecule has 1 aromatic heterocycles. The number of aromatic nitrogens is 1. The van der Waals surface area contributed by atoms with Crippen LogP contribution in [0.1, 0.15) is 26.7 Å². The van der Waals surface area contributed by atoms with Crippen LogP contribution in [0.15, 0.2) is 29.4 Å². The molecule has 8 heteroatoms. The minimum atomic E-state index is 0. The Bertz CT molecular complexity index is 585. The fourth-order valence-electron chi connectivity index (χ4n) is 2.73. The van der Waals surface area contributed by atoms with Crippen molar-refractivity contribution in [3.63, 3.8) is 0 Å². The van der Waals surface area contributed by atoms with Crippen LogP contribution in [0.3, 0.4) is 0 Å². The first-order valence-electron chi connectivity index (χ1n) is 9.36. The lowest BCUT2D eigenvalue weighted by atomic mass is 10.1. The highest BCUT2D eigenvalue weighted by atomic mass is 127. The fraction of sp³-hybridized carbons (Fsp3) is 0.632. The Kier molecular flexibility index (Phi) is 10.4. The fourth-order valence-corrected chi connectivity index (χ4v) is 2.73. The number of likely N-dealkylation sites (N-methyl/N-ethyl adjacent to an activating group) is 1. The molecule has 0 radical (unpaired) electrons. The number of nitrogens with one attached hydrogen (secondary N) is 2. The molecule has 0 spiro atoms. The summed E-state index contributed by atoms with van der Waals surface area (Å²) in [6.45, 7) is 7.22. The summed E-state index contributed by atoms with van der Waals surface area (Å²) in [5.41, 5.74) is 0. The monoisotopic (exact) mass is 488 g/mol. The molecule has 1 amide bonds. The number of amides is 1. The lowest BCUT2D eigenvalue weighted by Crippen LogP contribution is -2.49. The van der Waals surface area contributed by atoms with Gasteiger partial charge in [-0.3, -0.25) is 4.79 Å². The zero-order valence-corrected chi connectivity index (χ0v) is 19.1. The predicted molar refractivity (Wildman–Crippen MR) is 122 cm³/mol. The summed E-state index contributed by atoms with van der Waals surface area (Å²) in [4.78, 5) is 24.6. The van der Waals surface area contributed by atoms with Gasteiger partial charge in [-0.2, -0.15) is 0 Å². The van der Waals surface area contributed by atoms with Crippen molar-refractivity contribution < 1.29 is 4.79 Å². The maximum Gasteiger partial charge on any atom is 0.243 e. The number of hydrogen-bond donors (Lipinski definition) is 2. The average molecular weight is 488 g/mol. The van der Waals surface area contributed by atoms with E-state index in [9.17, 15) is 4.79 Å². The third-order valence-electron chi connectivity index (χ3n) is 4.36. The van der Waals surface area contributed by atoms with Gasteiger partial charge in [-0.1, -0.05) is 19.9 Å². The van der Waals surface area contributed by atoms with E-state index in [-0.39, 0.29) is 36.4 Å². The number of piperidine rings is 1. The molecule has 27 heavy (non-hydrogen) atoms. The lowest BCUT2D eigenvalue weighted by molar-refractivity contribution is -0.127. The molecule has 2 heterocycles. The Morgan fingerprint density at radius 1 is 1.33 bits per heavy atom. The van der Waals surface area contributed by atoms with Gasteiger partial charge in [0.05, 0.1) is 0 Å². The Labute approximate surface area is 180 Å². The van der Waals surface area contributed by atoms with E-state index in [1.807, 2.05) is 18.3 Å². The lowest BCUT2D eigenvalue weighted by Gasteiger charge is -2.34. The first-order chi connectivity index (χ1) is 12.5. The van der Waals surface area contributed by atoms with E-state index >= 15 is 0 Å². The molecule has 1 aromatic rings. The van der Waals surface area contributed by atoms with Crippen LogP contribution in [-0.4, -0.2) is 68.1 Å². The predicted octanol–water partition coefficient (Wildman–Crippen LogP) is 1.95. The second-order valence-corrected chi connectivity index (χ2v) is 7.32. The van der Waals surface area contributed by atoms with E-state index in [0.717, 1.165) is 44.3 Å². The number of anilines is 1. The van der Waals surface area contributed by atoms with Gasteiger partial charge in [0.1, 0.15) is 12.4 Å². The number of halogens is 1. The van der Waals surface area contributed by atoms with Crippen molar-refractivity contribution in [2.24, 2.45) is 10.9 Å². The summed E-state index contributed by atoms with van der Waals surface area (Å²) in [6.07, 6.45) is 3.86. The molecule has 0 unspecified atom stereocenters. The highest BCUT2D eigenvalue weighted by molar-refractivity contribution is 14.0. The molecule has 2 N–H and O–H groups in total. The molecule has 0 bridgehead atoms. The van der Waals surface area contributed by atoms with E-state index in [1.54, 1.807) is 19.0 Å². The smallest absolute Gasteiger partial charge is 0.243 e. The standard InChI is InChI=1S/C19H32N6O.HI/c1-15(2)13-21-19(22-14-18(26)24(3)4)23-16-8-11-25(12-9-16)17-7-5-6-10-20-17;/h5-7,10,15-16H,8-9,11-14H2,1-4H3,(H2,21,22,23);1H. The van der Waals surface area contributed by atoms with Crippen LogP contribution in [-0.2, 0) is 4.79 Å². The van der Waals surface area contributed by atoms with Crippen LogP contribution in [0.4, 0.5) is 5.82 Å². The third-order valence-corrected chi connectivity index (χ3v) is 4.36. The molecule has 2 rings (SSSR count). The Morgan fingerprint density at radius 2 is 2.04 bits per heavy atom. The second-order valence-electron chi connectivity index (χ2n) is 7.32. The van der Waals surface area contributed by atoms with Gasteiger partial charge in [0.2, 0.25) is 5.91 Å². The molecule has 1 aliphatic heterocycles. The Morgan fingerprint density at radius 3 is 2.59 bits per heavy atom. The molecule has 1 fully saturated rings. The molecule has 1 aliphatic rings. The van der Waals surface area contributed by atoms with Gasteiger partial charge >= 0.3 is 0 Å². The van der Waals surface area contributed by atoms with Crippen molar-refractivity contribution in [1.82, 2.24) is 20.5 Å². The zero-order chi connectivity index (χ0) is 18.9. The molecule has 0 atom stereocenters.